The third-order valence-corrected chi connectivity index (χ3v) is 2.30. The van der Waals surface area contributed by atoms with Crippen molar-refractivity contribution in [1.29, 1.82) is 0 Å². The fourth-order valence-corrected chi connectivity index (χ4v) is 1.43. The van der Waals surface area contributed by atoms with Crippen molar-refractivity contribution in [1.82, 2.24) is 0 Å². The van der Waals surface area contributed by atoms with E-state index in [1.54, 1.807) is 12.1 Å². The summed E-state index contributed by atoms with van der Waals surface area (Å²) in [4.78, 5) is 22.2. The van der Waals surface area contributed by atoms with Gasteiger partial charge in [0, 0.05) is 6.07 Å². The molecule has 19 heavy (non-hydrogen) atoms. The molecule has 6 heteroatoms. The molecule has 0 unspecified atom stereocenters. The molecule has 0 aliphatic rings. The molecule has 1 heterocycles. The zero-order valence-electron chi connectivity index (χ0n) is 9.95. The number of benzene rings is 1. The fourth-order valence-electron chi connectivity index (χ4n) is 1.43. The highest BCUT2D eigenvalue weighted by Crippen LogP contribution is 2.27. The Balaban J connectivity index is 2.24. The number of carboxylic acids is 1. The molecule has 0 spiro atoms. The van der Waals surface area contributed by atoms with Gasteiger partial charge in [0.2, 0.25) is 5.76 Å². The van der Waals surface area contributed by atoms with Gasteiger partial charge in [0.15, 0.2) is 0 Å². The number of hydrogen-bond acceptors (Lipinski definition) is 5. The second kappa shape index (κ2) is 5.26. The van der Waals surface area contributed by atoms with E-state index in [1.807, 2.05) is 0 Å². The van der Waals surface area contributed by atoms with Gasteiger partial charge in [0.25, 0.3) is 5.95 Å². The molecule has 2 aromatic rings. The number of methoxy groups -OCH3 is 1. The van der Waals surface area contributed by atoms with Gasteiger partial charge in [-0.25, -0.2) is 9.59 Å². The summed E-state index contributed by atoms with van der Waals surface area (Å²) in [5.41, 5.74) is -0.00137. The topological polar surface area (TPSA) is 86.0 Å². The van der Waals surface area contributed by atoms with Crippen molar-refractivity contribution in [3.8, 4) is 11.7 Å². The Morgan fingerprint density at radius 1 is 1.16 bits per heavy atom. The number of carbonyl (C=O) groups excluding carboxylic acids is 1. The molecule has 2 rings (SSSR count). The van der Waals surface area contributed by atoms with Crippen LogP contribution in [0.5, 0.6) is 11.7 Å². The average molecular weight is 262 g/mol. The van der Waals surface area contributed by atoms with Crippen molar-refractivity contribution >= 4 is 11.9 Å². The van der Waals surface area contributed by atoms with Crippen LogP contribution in [-0.2, 0) is 4.74 Å². The Morgan fingerprint density at radius 2 is 1.89 bits per heavy atom. The van der Waals surface area contributed by atoms with E-state index in [1.165, 1.54) is 31.4 Å². The minimum absolute atomic E-state index is 0.00137. The van der Waals surface area contributed by atoms with Crippen LogP contribution in [0.2, 0.25) is 0 Å². The van der Waals surface area contributed by atoms with E-state index in [-0.39, 0.29) is 23.0 Å². The largest absolute Gasteiger partial charge is 0.478 e. The fraction of sp³-hybridized carbons (Fsp3) is 0.0769. The minimum atomic E-state index is -1.12. The van der Waals surface area contributed by atoms with Gasteiger partial charge in [-0.15, -0.1) is 0 Å². The van der Waals surface area contributed by atoms with E-state index >= 15 is 0 Å². The highest BCUT2D eigenvalue weighted by Gasteiger charge is 2.15. The number of hydrogen-bond donors (Lipinski definition) is 1. The first-order valence-electron chi connectivity index (χ1n) is 5.30. The SMILES string of the molecule is COC(=O)c1ccc(Oc2ccccc2C(=O)O)o1. The van der Waals surface area contributed by atoms with Crippen LogP contribution in [0, 0.1) is 0 Å². The molecular weight excluding hydrogens is 252 g/mol. The summed E-state index contributed by atoms with van der Waals surface area (Å²) in [7, 11) is 1.23. The van der Waals surface area contributed by atoms with E-state index in [2.05, 4.69) is 4.74 Å². The summed E-state index contributed by atoms with van der Waals surface area (Å²) in [5.74, 6) is -1.64. The van der Waals surface area contributed by atoms with Gasteiger partial charge in [-0.05, 0) is 18.2 Å². The molecule has 0 amide bonds. The zero-order chi connectivity index (χ0) is 13.8. The van der Waals surface area contributed by atoms with Gasteiger partial charge in [-0.2, -0.15) is 0 Å². The number of carboxylic acid groups (broad SMARTS) is 1. The second-order valence-electron chi connectivity index (χ2n) is 3.51. The monoisotopic (exact) mass is 262 g/mol. The molecule has 0 saturated heterocycles. The summed E-state index contributed by atoms with van der Waals surface area (Å²) in [6.45, 7) is 0. The van der Waals surface area contributed by atoms with E-state index in [0.29, 0.717) is 0 Å². The zero-order valence-corrected chi connectivity index (χ0v) is 9.95. The third kappa shape index (κ3) is 2.74. The van der Waals surface area contributed by atoms with Crippen LogP contribution in [0.25, 0.3) is 0 Å². The first-order valence-corrected chi connectivity index (χ1v) is 5.30. The van der Waals surface area contributed by atoms with Gasteiger partial charge in [-0.1, -0.05) is 12.1 Å². The van der Waals surface area contributed by atoms with Gasteiger partial charge < -0.3 is 19.0 Å². The maximum Gasteiger partial charge on any atom is 0.374 e. The lowest BCUT2D eigenvalue weighted by atomic mass is 10.2. The smallest absolute Gasteiger partial charge is 0.374 e. The van der Waals surface area contributed by atoms with Crippen LogP contribution >= 0.6 is 0 Å². The van der Waals surface area contributed by atoms with Crippen LogP contribution in [0.3, 0.4) is 0 Å². The Hall–Kier alpha value is -2.76. The second-order valence-corrected chi connectivity index (χ2v) is 3.51. The molecule has 0 bridgehead atoms. The summed E-state index contributed by atoms with van der Waals surface area (Å²) < 4.78 is 14.9. The Kier molecular flexibility index (Phi) is 3.51. The molecule has 1 aromatic heterocycles. The van der Waals surface area contributed by atoms with E-state index in [4.69, 9.17) is 14.3 Å². The highest BCUT2D eigenvalue weighted by atomic mass is 16.6. The average Bonchev–Trinajstić information content (AvgIpc) is 2.86. The lowest BCUT2D eigenvalue weighted by Crippen LogP contribution is -1.99. The predicted molar refractivity (Wildman–Crippen MR) is 63.5 cm³/mol. The lowest BCUT2D eigenvalue weighted by molar-refractivity contribution is 0.0558. The normalized spacial score (nSPS) is 9.95. The van der Waals surface area contributed by atoms with Crippen molar-refractivity contribution in [3.63, 3.8) is 0 Å². The molecule has 0 saturated carbocycles. The molecule has 1 aromatic carbocycles. The van der Waals surface area contributed by atoms with Gasteiger partial charge in [0.05, 0.1) is 7.11 Å². The van der Waals surface area contributed by atoms with Crippen molar-refractivity contribution in [3.05, 3.63) is 47.7 Å². The molecule has 0 aliphatic carbocycles. The van der Waals surface area contributed by atoms with E-state index < -0.39 is 11.9 Å². The molecule has 98 valence electrons. The molecule has 0 radical (unpaired) electrons. The summed E-state index contributed by atoms with van der Waals surface area (Å²) >= 11 is 0. The summed E-state index contributed by atoms with van der Waals surface area (Å²) in [5, 5.41) is 8.99. The van der Waals surface area contributed by atoms with Gasteiger partial charge in [0.1, 0.15) is 11.3 Å². The predicted octanol–water partition coefficient (Wildman–Crippen LogP) is 2.56. The third-order valence-electron chi connectivity index (χ3n) is 2.30. The van der Waals surface area contributed by atoms with Gasteiger partial charge in [-0.3, -0.25) is 0 Å². The molecule has 0 aliphatic heterocycles. The number of carbonyl (C=O) groups is 2. The van der Waals surface area contributed by atoms with Crippen molar-refractivity contribution in [2.75, 3.05) is 7.11 Å². The first kappa shape index (κ1) is 12.7. The van der Waals surface area contributed by atoms with Crippen LogP contribution < -0.4 is 4.74 Å². The number of para-hydroxylation sites is 1. The van der Waals surface area contributed by atoms with Crippen LogP contribution in [-0.4, -0.2) is 24.2 Å². The quantitative estimate of drug-likeness (QED) is 0.852. The molecular formula is C13H10O6. The Labute approximate surface area is 108 Å². The van der Waals surface area contributed by atoms with Crippen LogP contribution in [0.4, 0.5) is 0 Å². The number of ether oxygens (including phenoxy) is 2. The standard InChI is InChI=1S/C13H10O6/c1-17-13(16)10-6-7-11(19-10)18-9-5-3-2-4-8(9)12(14)15/h2-7H,1H3,(H,14,15). The van der Waals surface area contributed by atoms with E-state index in [9.17, 15) is 9.59 Å². The van der Waals surface area contributed by atoms with Gasteiger partial charge >= 0.3 is 11.9 Å². The number of furan rings is 1. The molecule has 6 nitrogen and oxygen atoms in total. The lowest BCUT2D eigenvalue weighted by Gasteiger charge is -2.05. The number of aromatic carboxylic acids is 1. The minimum Gasteiger partial charge on any atom is -0.478 e. The molecule has 0 atom stereocenters. The highest BCUT2D eigenvalue weighted by molar-refractivity contribution is 5.91. The first-order chi connectivity index (χ1) is 9.11. The summed E-state index contributed by atoms with van der Waals surface area (Å²) in [6.07, 6.45) is 0. The Bertz CT molecular complexity index is 613. The van der Waals surface area contributed by atoms with Crippen molar-refractivity contribution in [2.24, 2.45) is 0 Å². The maximum atomic E-state index is 11.2. The van der Waals surface area contributed by atoms with Crippen molar-refractivity contribution < 1.29 is 28.6 Å². The van der Waals surface area contributed by atoms with E-state index in [0.717, 1.165) is 0 Å². The van der Waals surface area contributed by atoms with Crippen LogP contribution in [0.1, 0.15) is 20.9 Å². The Morgan fingerprint density at radius 3 is 2.58 bits per heavy atom. The van der Waals surface area contributed by atoms with Crippen LogP contribution in [0.15, 0.2) is 40.8 Å². The number of esters is 1. The maximum absolute atomic E-state index is 11.2. The molecule has 0 fully saturated rings. The van der Waals surface area contributed by atoms with Crippen molar-refractivity contribution in [2.45, 2.75) is 0 Å². The summed E-state index contributed by atoms with van der Waals surface area (Å²) in [6, 6.07) is 8.89. The number of rotatable bonds is 4. The molecule has 1 N–H and O–H groups in total.